The lowest BCUT2D eigenvalue weighted by atomic mass is 10.1. The molecule has 1 heterocycles. The smallest absolute Gasteiger partial charge is 0.365 e. The standard InChI is InChI=1S/C16H17F3N2O2/c1-9(2)5-6-21-13-8-11(16(17,18)19)4-3-10(13)7-12(14(20)22)15(21)23/h3-4,7-9H,5-6H2,1-2H3,(H2,20,22). The number of halogens is 3. The molecule has 0 aliphatic heterocycles. The van der Waals surface area contributed by atoms with Crippen molar-refractivity contribution in [2.75, 3.05) is 0 Å². The number of hydrogen-bond donors (Lipinski definition) is 1. The zero-order valence-electron chi connectivity index (χ0n) is 12.8. The first-order valence-electron chi connectivity index (χ1n) is 7.16. The van der Waals surface area contributed by atoms with Crippen LogP contribution in [0.25, 0.3) is 10.9 Å². The zero-order valence-corrected chi connectivity index (χ0v) is 12.8. The van der Waals surface area contributed by atoms with E-state index in [0.29, 0.717) is 11.8 Å². The Morgan fingerprint density at radius 1 is 1.26 bits per heavy atom. The van der Waals surface area contributed by atoms with Crippen LogP contribution in [-0.2, 0) is 12.7 Å². The van der Waals surface area contributed by atoms with E-state index in [-0.39, 0.29) is 23.5 Å². The lowest BCUT2D eigenvalue weighted by Gasteiger charge is -2.15. The van der Waals surface area contributed by atoms with Crippen molar-refractivity contribution in [2.24, 2.45) is 11.7 Å². The molecule has 0 aliphatic carbocycles. The molecule has 0 radical (unpaired) electrons. The van der Waals surface area contributed by atoms with Crippen molar-refractivity contribution in [2.45, 2.75) is 33.0 Å². The molecule has 0 unspecified atom stereocenters. The van der Waals surface area contributed by atoms with Gasteiger partial charge in [0.1, 0.15) is 5.56 Å². The second-order valence-corrected chi connectivity index (χ2v) is 5.83. The normalized spacial score (nSPS) is 12.1. The summed E-state index contributed by atoms with van der Waals surface area (Å²) >= 11 is 0. The third-order valence-corrected chi connectivity index (χ3v) is 3.62. The fourth-order valence-electron chi connectivity index (χ4n) is 2.33. The van der Waals surface area contributed by atoms with Crippen LogP contribution in [0.2, 0.25) is 0 Å². The number of pyridine rings is 1. The third-order valence-electron chi connectivity index (χ3n) is 3.62. The first-order chi connectivity index (χ1) is 10.6. The number of carbonyl (C=O) groups is 1. The van der Waals surface area contributed by atoms with Crippen molar-refractivity contribution in [1.29, 1.82) is 0 Å². The molecule has 1 aromatic carbocycles. The van der Waals surface area contributed by atoms with Crippen LogP contribution in [0, 0.1) is 5.92 Å². The van der Waals surface area contributed by atoms with E-state index in [1.165, 1.54) is 16.7 Å². The van der Waals surface area contributed by atoms with E-state index in [0.717, 1.165) is 12.1 Å². The van der Waals surface area contributed by atoms with E-state index >= 15 is 0 Å². The Morgan fingerprint density at radius 2 is 1.91 bits per heavy atom. The highest BCUT2D eigenvalue weighted by Gasteiger charge is 2.31. The van der Waals surface area contributed by atoms with E-state index in [9.17, 15) is 22.8 Å². The maximum atomic E-state index is 12.9. The van der Waals surface area contributed by atoms with Crippen LogP contribution in [0.5, 0.6) is 0 Å². The van der Waals surface area contributed by atoms with Crippen LogP contribution in [0.1, 0.15) is 36.2 Å². The number of nitrogens with zero attached hydrogens (tertiary/aromatic N) is 1. The molecule has 2 rings (SSSR count). The fraction of sp³-hybridized carbons (Fsp3) is 0.375. The summed E-state index contributed by atoms with van der Waals surface area (Å²) in [7, 11) is 0. The van der Waals surface area contributed by atoms with Gasteiger partial charge in [0.15, 0.2) is 0 Å². The summed E-state index contributed by atoms with van der Waals surface area (Å²) in [6.07, 6.45) is -3.91. The molecular formula is C16H17F3N2O2. The molecule has 1 amide bonds. The molecule has 0 spiro atoms. The molecule has 7 heteroatoms. The zero-order chi connectivity index (χ0) is 17.4. The number of nitrogens with two attached hydrogens (primary N) is 1. The first kappa shape index (κ1) is 17.1. The molecule has 0 atom stereocenters. The highest BCUT2D eigenvalue weighted by molar-refractivity contribution is 5.96. The molecule has 23 heavy (non-hydrogen) atoms. The fourth-order valence-corrected chi connectivity index (χ4v) is 2.33. The minimum atomic E-state index is -4.50. The van der Waals surface area contributed by atoms with Gasteiger partial charge in [0.2, 0.25) is 0 Å². The number of primary amides is 1. The largest absolute Gasteiger partial charge is 0.416 e. The van der Waals surface area contributed by atoms with Gasteiger partial charge in [-0.05, 0) is 35.9 Å². The van der Waals surface area contributed by atoms with Gasteiger partial charge in [-0.15, -0.1) is 0 Å². The average Bonchev–Trinajstić information content (AvgIpc) is 2.43. The van der Waals surface area contributed by atoms with E-state index in [1.54, 1.807) is 0 Å². The molecule has 2 aromatic rings. The second kappa shape index (κ2) is 6.06. The molecule has 1 aromatic heterocycles. The Kier molecular flexibility index (Phi) is 4.49. The Balaban J connectivity index is 2.75. The predicted molar refractivity (Wildman–Crippen MR) is 81.2 cm³/mol. The van der Waals surface area contributed by atoms with Crippen LogP contribution in [0.4, 0.5) is 13.2 Å². The van der Waals surface area contributed by atoms with E-state index in [4.69, 9.17) is 5.73 Å². The van der Waals surface area contributed by atoms with Crippen LogP contribution < -0.4 is 11.3 Å². The summed E-state index contributed by atoms with van der Waals surface area (Å²) in [6.45, 7) is 4.09. The van der Waals surface area contributed by atoms with Crippen molar-refractivity contribution in [1.82, 2.24) is 4.57 Å². The second-order valence-electron chi connectivity index (χ2n) is 5.83. The summed E-state index contributed by atoms with van der Waals surface area (Å²) in [5.74, 6) is -0.643. The van der Waals surface area contributed by atoms with Crippen molar-refractivity contribution in [3.63, 3.8) is 0 Å². The van der Waals surface area contributed by atoms with Gasteiger partial charge in [0, 0.05) is 6.54 Å². The quantitative estimate of drug-likeness (QED) is 0.938. The van der Waals surface area contributed by atoms with Gasteiger partial charge in [-0.25, -0.2) is 0 Å². The topological polar surface area (TPSA) is 65.1 Å². The number of aromatic nitrogens is 1. The number of fused-ring (bicyclic) bond motifs is 1. The molecule has 124 valence electrons. The summed E-state index contributed by atoms with van der Waals surface area (Å²) in [5, 5.41) is 0.371. The summed E-state index contributed by atoms with van der Waals surface area (Å²) in [5.41, 5.74) is 3.62. The minimum Gasteiger partial charge on any atom is -0.365 e. The Labute approximate surface area is 130 Å². The van der Waals surface area contributed by atoms with Crippen molar-refractivity contribution < 1.29 is 18.0 Å². The first-order valence-corrected chi connectivity index (χ1v) is 7.16. The average molecular weight is 326 g/mol. The Morgan fingerprint density at radius 3 is 2.43 bits per heavy atom. The maximum absolute atomic E-state index is 12.9. The van der Waals surface area contributed by atoms with E-state index in [1.807, 2.05) is 13.8 Å². The minimum absolute atomic E-state index is 0.149. The van der Waals surface area contributed by atoms with Gasteiger partial charge in [-0.1, -0.05) is 19.9 Å². The molecule has 0 saturated carbocycles. The van der Waals surface area contributed by atoms with E-state index in [2.05, 4.69) is 0 Å². The molecule has 0 fully saturated rings. The highest BCUT2D eigenvalue weighted by atomic mass is 19.4. The van der Waals surface area contributed by atoms with Crippen LogP contribution in [0.3, 0.4) is 0 Å². The Bertz CT molecular complexity index is 807. The van der Waals surface area contributed by atoms with Gasteiger partial charge >= 0.3 is 6.18 Å². The van der Waals surface area contributed by atoms with Gasteiger partial charge in [-0.2, -0.15) is 13.2 Å². The lowest BCUT2D eigenvalue weighted by Crippen LogP contribution is -2.30. The predicted octanol–water partition coefficient (Wildman–Crippen LogP) is 3.17. The van der Waals surface area contributed by atoms with E-state index < -0.39 is 23.2 Å². The summed E-state index contributed by atoms with van der Waals surface area (Å²) in [6, 6.07) is 4.34. The number of alkyl halides is 3. The van der Waals surface area contributed by atoms with Crippen LogP contribution >= 0.6 is 0 Å². The van der Waals surface area contributed by atoms with Crippen molar-refractivity contribution >= 4 is 16.8 Å². The third kappa shape index (κ3) is 3.55. The molecule has 0 saturated heterocycles. The van der Waals surface area contributed by atoms with Crippen LogP contribution in [0.15, 0.2) is 29.1 Å². The van der Waals surface area contributed by atoms with Gasteiger partial charge in [0.25, 0.3) is 11.5 Å². The highest BCUT2D eigenvalue weighted by Crippen LogP contribution is 2.31. The molecular weight excluding hydrogens is 309 g/mol. The molecule has 2 N–H and O–H groups in total. The number of rotatable bonds is 4. The van der Waals surface area contributed by atoms with Crippen molar-refractivity contribution in [3.05, 3.63) is 45.7 Å². The summed E-state index contributed by atoms with van der Waals surface area (Å²) in [4.78, 5) is 23.8. The van der Waals surface area contributed by atoms with Gasteiger partial charge in [-0.3, -0.25) is 9.59 Å². The van der Waals surface area contributed by atoms with Gasteiger partial charge < -0.3 is 10.3 Å². The number of aryl methyl sites for hydroxylation is 1. The lowest BCUT2D eigenvalue weighted by molar-refractivity contribution is -0.137. The molecule has 4 nitrogen and oxygen atoms in total. The summed E-state index contributed by atoms with van der Waals surface area (Å²) < 4.78 is 39.9. The molecule has 0 bridgehead atoms. The number of amides is 1. The number of hydrogen-bond acceptors (Lipinski definition) is 2. The Hall–Kier alpha value is -2.31. The van der Waals surface area contributed by atoms with Crippen LogP contribution in [-0.4, -0.2) is 10.5 Å². The number of benzene rings is 1. The van der Waals surface area contributed by atoms with Crippen molar-refractivity contribution in [3.8, 4) is 0 Å². The number of carbonyl (C=O) groups excluding carboxylic acids is 1. The van der Waals surface area contributed by atoms with Gasteiger partial charge in [0.05, 0.1) is 11.1 Å². The monoisotopic (exact) mass is 326 g/mol. The molecule has 0 aliphatic rings. The maximum Gasteiger partial charge on any atom is 0.416 e. The SMILES string of the molecule is CC(C)CCn1c(=O)c(C(N)=O)cc2ccc(C(F)(F)F)cc21.